The van der Waals surface area contributed by atoms with Gasteiger partial charge in [0.15, 0.2) is 0 Å². The Bertz CT molecular complexity index is 46.1. The summed E-state index contributed by atoms with van der Waals surface area (Å²) in [5, 5.41) is 8.08. The molecule has 0 aromatic heterocycles. The van der Waals surface area contributed by atoms with Crippen LogP contribution in [0.25, 0.3) is 0 Å². The second-order valence-electron chi connectivity index (χ2n) is 0.284. The van der Waals surface area contributed by atoms with Crippen LogP contribution in [0.15, 0.2) is 0 Å². The molecule has 0 aliphatic rings. The van der Waals surface area contributed by atoms with E-state index in [1.165, 1.54) is 0 Å². The van der Waals surface area contributed by atoms with Crippen LogP contribution in [0.1, 0.15) is 0 Å². The van der Waals surface area contributed by atoms with Gasteiger partial charge in [0, 0.05) is 19.5 Å². The smallest absolute Gasteiger partial charge is 0 e. The molecular formula is IrNO3Ru. The number of hydrogen-bond acceptors (Lipinski definition) is 3. The van der Waals surface area contributed by atoms with Gasteiger partial charge in [-0.2, -0.15) is 0 Å². The van der Waals surface area contributed by atoms with Crippen molar-refractivity contribution in [2.75, 3.05) is 0 Å². The number of hydrogen-bond donors (Lipinski definition) is 0. The van der Waals surface area contributed by atoms with Gasteiger partial charge in [0.05, 0.1) is 0 Å². The molecule has 40 valence electrons. The van der Waals surface area contributed by atoms with Crippen LogP contribution in [0.2, 0.25) is 0 Å². The molecule has 0 aliphatic carbocycles. The predicted molar refractivity (Wildman–Crippen MR) is 8.08 cm³/mol. The molecule has 0 unspecified atom stereocenters. The van der Waals surface area contributed by atoms with E-state index in [9.17, 15) is 0 Å². The van der Waals surface area contributed by atoms with E-state index in [1.807, 2.05) is 0 Å². The fraction of sp³-hybridized carbons (Fsp3) is 0. The molecule has 6 heavy (non-hydrogen) atoms. The number of nitrogens with zero attached hydrogens (tertiary/aromatic N) is 1. The van der Waals surface area contributed by atoms with Crippen molar-refractivity contribution in [2.24, 2.45) is 0 Å². The minimum atomic E-state index is -0.875. The average molecular weight is 355 g/mol. The van der Waals surface area contributed by atoms with Crippen LogP contribution in [0, 0.1) is 10.1 Å². The van der Waals surface area contributed by atoms with Crippen LogP contribution < -0.4 is 0 Å². The third-order valence-corrected chi connectivity index (χ3v) is 0.407. The summed E-state index contributed by atoms with van der Waals surface area (Å²) in [7, 11) is 0. The molecule has 0 N–H and O–H groups in total. The maximum absolute atomic E-state index is 8.95. The van der Waals surface area contributed by atoms with Crippen LogP contribution in [-0.2, 0) is 42.3 Å². The van der Waals surface area contributed by atoms with Crippen molar-refractivity contribution in [2.45, 2.75) is 0 Å². The van der Waals surface area contributed by atoms with Crippen molar-refractivity contribution in [3.63, 3.8) is 0 Å². The average Bonchev–Trinajstić information content (AvgIpc) is 1.38. The van der Waals surface area contributed by atoms with Crippen LogP contribution in [0.4, 0.5) is 0 Å². The van der Waals surface area contributed by atoms with Gasteiger partial charge in [-0.15, -0.1) is 0 Å². The van der Waals surface area contributed by atoms with Gasteiger partial charge in [-0.1, -0.05) is 0 Å². The molecule has 0 aromatic rings. The van der Waals surface area contributed by atoms with Crippen LogP contribution in [0.5, 0.6) is 0 Å². The van der Waals surface area contributed by atoms with Gasteiger partial charge in [-0.25, -0.2) is 0 Å². The van der Waals surface area contributed by atoms with E-state index in [1.54, 1.807) is 0 Å². The van der Waals surface area contributed by atoms with Crippen molar-refractivity contribution in [3.05, 3.63) is 10.1 Å². The van der Waals surface area contributed by atoms with Crippen molar-refractivity contribution in [1.82, 2.24) is 0 Å². The first-order chi connectivity index (χ1) is 2.27. The molecule has 0 amide bonds. The monoisotopic (exact) mass is 357 g/mol. The molecule has 0 heterocycles. The van der Waals surface area contributed by atoms with Gasteiger partial charge in [-0.05, 0) is 0 Å². The standard InChI is InChI=1S/Ir.NO3.Ru/c;2-1(3)4;/q+1;-1;. The van der Waals surface area contributed by atoms with Crippen LogP contribution in [0.3, 0.4) is 0 Å². The van der Waals surface area contributed by atoms with Gasteiger partial charge < -0.3 is 0 Å². The molecule has 6 heteroatoms. The SMILES string of the molecule is O=[N+]([O-])[O][Ir].[Ru]. The fourth-order valence-electron chi connectivity index (χ4n) is 0. The molecule has 4 nitrogen and oxygen atoms in total. The molecule has 0 saturated heterocycles. The summed E-state index contributed by atoms with van der Waals surface area (Å²) < 4.78 is 3.47. The Morgan fingerprint density at radius 3 is 2.00 bits per heavy atom. The topological polar surface area (TPSA) is 52.4 Å². The summed E-state index contributed by atoms with van der Waals surface area (Å²) in [4.78, 5) is 8.95. The van der Waals surface area contributed by atoms with E-state index in [2.05, 4.69) is 3.60 Å². The molecule has 0 bridgehead atoms. The zero-order chi connectivity index (χ0) is 4.28. The summed E-state index contributed by atoms with van der Waals surface area (Å²) in [5.74, 6) is 0. The maximum atomic E-state index is 8.95. The second-order valence-corrected chi connectivity index (χ2v) is 0.722. The molecule has 0 radical (unpaired) electrons. The van der Waals surface area contributed by atoms with E-state index < -0.39 is 5.09 Å². The normalized spacial score (nSPS) is 5.67. The molecular weight excluding hydrogens is 355 g/mol. The van der Waals surface area contributed by atoms with Crippen molar-refractivity contribution in [3.8, 4) is 0 Å². The molecule has 0 saturated carbocycles. The molecule has 0 fully saturated rings. The largest absolute Gasteiger partial charge is 0 e. The summed E-state index contributed by atoms with van der Waals surface area (Å²) in [5.41, 5.74) is 0. The Kier molecular flexibility index (Phi) is 8.84. The van der Waals surface area contributed by atoms with Crippen molar-refractivity contribution < 1.29 is 47.4 Å². The van der Waals surface area contributed by atoms with Crippen molar-refractivity contribution >= 4 is 0 Å². The van der Waals surface area contributed by atoms with Gasteiger partial charge in [0.1, 0.15) is 0 Å². The Labute approximate surface area is 57.7 Å². The molecule has 0 aromatic carbocycles. The molecule has 0 aliphatic heterocycles. The maximum Gasteiger partial charge on any atom is 0 e. The first-order valence-electron chi connectivity index (χ1n) is 0.684. The Morgan fingerprint density at radius 2 is 2.00 bits per heavy atom. The summed E-state index contributed by atoms with van der Waals surface area (Å²) in [6.45, 7) is 0. The Hall–Kier alpha value is 0.473. The van der Waals surface area contributed by atoms with Crippen LogP contribution >= 0.6 is 0 Å². The first-order valence-corrected chi connectivity index (χ1v) is 1.66. The van der Waals surface area contributed by atoms with E-state index in [0.717, 1.165) is 19.3 Å². The molecule has 0 atom stereocenters. The minimum Gasteiger partial charge on any atom is 0 e. The Balaban J connectivity index is 0. The third kappa shape index (κ3) is 8.82. The fourth-order valence-corrected chi connectivity index (χ4v) is 0. The predicted octanol–water partition coefficient (Wildman–Crippen LogP) is -0.346. The zero-order valence-corrected chi connectivity index (χ0v) is 6.49. The molecule has 0 spiro atoms. The van der Waals surface area contributed by atoms with Gasteiger partial charge in [-0.3, -0.25) is 0 Å². The van der Waals surface area contributed by atoms with E-state index >= 15 is 0 Å². The summed E-state index contributed by atoms with van der Waals surface area (Å²) in [6, 6.07) is 0. The second kappa shape index (κ2) is 5.47. The van der Waals surface area contributed by atoms with E-state index in [0.29, 0.717) is 0 Å². The van der Waals surface area contributed by atoms with Gasteiger partial charge >= 0.3 is 38.1 Å². The third-order valence-electron chi connectivity index (χ3n) is 0.0497. The van der Waals surface area contributed by atoms with Gasteiger partial charge in [0.2, 0.25) is 0 Å². The molecule has 0 rings (SSSR count). The summed E-state index contributed by atoms with van der Waals surface area (Å²) >= 11 is 1.00. The minimum absolute atomic E-state index is 0. The van der Waals surface area contributed by atoms with E-state index in [-0.39, 0.29) is 19.5 Å². The van der Waals surface area contributed by atoms with E-state index in [4.69, 9.17) is 10.1 Å². The number of rotatable bonds is 1. The first kappa shape index (κ1) is 9.69. The summed E-state index contributed by atoms with van der Waals surface area (Å²) in [6.07, 6.45) is 0. The van der Waals surface area contributed by atoms with Gasteiger partial charge in [0.25, 0.3) is 0 Å². The zero-order valence-electron chi connectivity index (χ0n) is 2.36. The quantitative estimate of drug-likeness (QED) is 0.367. The van der Waals surface area contributed by atoms with Crippen LogP contribution in [-0.4, -0.2) is 5.09 Å². The Morgan fingerprint density at radius 1 is 1.83 bits per heavy atom. The van der Waals surface area contributed by atoms with Crippen molar-refractivity contribution in [1.29, 1.82) is 0 Å².